The molecule has 2 aliphatic rings. The lowest BCUT2D eigenvalue weighted by atomic mass is 9.70. The molecule has 3 atom stereocenters. The lowest BCUT2D eigenvalue weighted by molar-refractivity contribution is -0.164. The zero-order valence-electron chi connectivity index (χ0n) is 67.1. The van der Waals surface area contributed by atoms with E-state index in [-0.39, 0.29) is 67.8 Å². The second-order valence-electron chi connectivity index (χ2n) is 26.8. The molecule has 2 fully saturated rings. The van der Waals surface area contributed by atoms with Gasteiger partial charge in [0, 0.05) is 58.1 Å². The van der Waals surface area contributed by atoms with Crippen molar-refractivity contribution in [2.45, 2.75) is 228 Å². The Balaban J connectivity index is -0.000000608. The fourth-order valence-electron chi connectivity index (χ4n) is 10.3. The highest BCUT2D eigenvalue weighted by molar-refractivity contribution is 5.88. The van der Waals surface area contributed by atoms with E-state index in [1.165, 1.54) is 108 Å². The van der Waals surface area contributed by atoms with Crippen LogP contribution in [-0.4, -0.2) is 139 Å². The van der Waals surface area contributed by atoms with E-state index in [4.69, 9.17) is 61.6 Å². The summed E-state index contributed by atoms with van der Waals surface area (Å²) in [6.07, 6.45) is 41.4. The normalized spacial score (nSPS) is 14.2. The molecule has 2 saturated carbocycles. The fraction of sp³-hybridized carbons (Fsp3) is 0.593. The van der Waals surface area contributed by atoms with Crippen molar-refractivity contribution in [3.8, 4) is 0 Å². The molecule has 2 rings (SSSR count). The van der Waals surface area contributed by atoms with E-state index in [0.717, 1.165) is 147 Å². The zero-order chi connectivity index (χ0) is 82.3. The molecular formula is C86H136O22. The Hall–Kier alpha value is -8.95. The van der Waals surface area contributed by atoms with Crippen LogP contribution in [0.2, 0.25) is 0 Å². The highest BCUT2D eigenvalue weighted by Gasteiger charge is 2.63. The van der Waals surface area contributed by atoms with Gasteiger partial charge < -0.3 is 61.6 Å². The van der Waals surface area contributed by atoms with Crippen molar-refractivity contribution < 1.29 is 105 Å². The lowest BCUT2D eigenvalue weighted by Gasteiger charge is -2.38. The van der Waals surface area contributed by atoms with Gasteiger partial charge in [0.15, 0.2) is 0 Å². The van der Waals surface area contributed by atoms with E-state index in [1.807, 2.05) is 0 Å². The molecule has 0 N–H and O–H groups in total. The number of esters is 9. The maximum absolute atomic E-state index is 11.6. The smallest absolute Gasteiger partial charge is 0.333 e. The molecule has 0 amide bonds. The minimum absolute atomic E-state index is 0.0884. The summed E-state index contributed by atoms with van der Waals surface area (Å²) in [6, 6.07) is 0. The Labute approximate surface area is 648 Å². The van der Waals surface area contributed by atoms with E-state index in [9.17, 15) is 43.2 Å². The number of unbranched alkanes of at least 4 members (excludes halogenated alkanes) is 20. The minimum Gasteiger partial charge on any atom is -0.502 e. The molecule has 2 bridgehead atoms. The average molecular weight is 1520 g/mol. The van der Waals surface area contributed by atoms with Gasteiger partial charge in [0.2, 0.25) is 0 Å². The number of rotatable bonds is 58. The Morgan fingerprint density at radius 2 is 0.546 bits per heavy atom. The number of ether oxygens (including phenoxy) is 13. The van der Waals surface area contributed by atoms with Crippen LogP contribution < -0.4 is 0 Å². The monoisotopic (exact) mass is 1520 g/mol. The van der Waals surface area contributed by atoms with Gasteiger partial charge in [-0.25, -0.2) is 43.2 Å². The van der Waals surface area contributed by atoms with E-state index in [0.29, 0.717) is 60.1 Å². The van der Waals surface area contributed by atoms with Gasteiger partial charge in [-0.3, -0.25) is 0 Å². The fourth-order valence-corrected chi connectivity index (χ4v) is 10.3. The molecule has 108 heavy (non-hydrogen) atoms. The van der Waals surface area contributed by atoms with E-state index >= 15 is 0 Å². The van der Waals surface area contributed by atoms with Gasteiger partial charge in [0.1, 0.15) is 37.9 Å². The minimum atomic E-state index is -1.34. The van der Waals surface area contributed by atoms with Crippen molar-refractivity contribution in [3.05, 3.63) is 163 Å². The third-order valence-corrected chi connectivity index (χ3v) is 17.3. The number of carbonyl (C=O) groups excluding carboxylic acids is 9. The van der Waals surface area contributed by atoms with Crippen LogP contribution in [-0.2, 0) is 105 Å². The molecule has 0 aliphatic heterocycles. The summed E-state index contributed by atoms with van der Waals surface area (Å²) in [7, 11) is 0. The number of hydrogen-bond donors (Lipinski definition) is 0. The van der Waals surface area contributed by atoms with Crippen LogP contribution in [0.1, 0.15) is 222 Å². The van der Waals surface area contributed by atoms with Gasteiger partial charge >= 0.3 is 53.7 Å². The maximum atomic E-state index is 11.6. The van der Waals surface area contributed by atoms with Crippen LogP contribution in [0.5, 0.6) is 0 Å². The topological polar surface area (TPSA) is 274 Å². The molecular weight excluding hydrogens is 1380 g/mol. The van der Waals surface area contributed by atoms with Crippen LogP contribution in [0.3, 0.4) is 0 Å². The molecule has 612 valence electrons. The van der Waals surface area contributed by atoms with Crippen molar-refractivity contribution >= 4 is 53.7 Å². The highest BCUT2D eigenvalue weighted by Crippen LogP contribution is 2.66. The first kappa shape index (κ1) is 105. The summed E-state index contributed by atoms with van der Waals surface area (Å²) in [6.45, 7) is 61.5. The standard InChI is InChI=1S/C18H32O3.C17H20O8.C14H24O3.C14H22O2.C12H20O3.C11H18O3/c1-4-20-15-13-11-9-7-5-6-8-10-12-14-16-21-18(19)17(2)3;1-5-13(18)22-9-17(10-23-14(19)6-2,11-24-15(20)7-3)12-25-16(21)8-4;1-4-16-11-9-7-5-6-8-10-12-17-14(15)13(2)3;1-9(2)12(15)16-11-8-10-6-7-14(11,5)13(10,3)4;1-4-14-9-7-5-6-8-10-15-12(13)11(2)3;1-3-11(12)14-10-8-6-5-7-9-13-4-2/h4H,1-2,5-16H2,3H3;5-8H,1-4,9-12H2;4H,1-2,5-12H2,3H3;10-11H,1,6-8H2,2-5H3;4H,1-2,5-10H2,3H3;3-4H,1-2,5-10H2. The van der Waals surface area contributed by atoms with Crippen LogP contribution in [0.25, 0.3) is 0 Å². The number of fused-ring (bicyclic) bond motifs is 2. The summed E-state index contributed by atoms with van der Waals surface area (Å²) in [5.74, 6) is -3.76. The van der Waals surface area contributed by atoms with E-state index in [1.54, 1.807) is 27.7 Å². The molecule has 0 aromatic carbocycles. The lowest BCUT2D eigenvalue weighted by Crippen LogP contribution is -2.43. The van der Waals surface area contributed by atoms with Gasteiger partial charge in [0.05, 0.1) is 77.9 Å². The molecule has 0 radical (unpaired) electrons. The first-order valence-electron chi connectivity index (χ1n) is 37.7. The van der Waals surface area contributed by atoms with Crippen molar-refractivity contribution in [3.63, 3.8) is 0 Å². The SMILES string of the molecule is C=C(C)C(=O)OC1CC2CCC1(C)C2(C)C.C=CC(=O)OCC(COC(=O)C=C)(COC(=O)C=C)COC(=O)C=C.C=COCCCCCCCCCCCCOC(=O)C(=C)C.C=COCCCCCCCCOC(=O)C(=C)C.C=COCCCCCCOC(=O)C(=C)C.C=COCCCCCCOC(=O)C=C. The maximum Gasteiger partial charge on any atom is 0.333 e. The van der Waals surface area contributed by atoms with Gasteiger partial charge in [-0.2, -0.15) is 0 Å². The van der Waals surface area contributed by atoms with Gasteiger partial charge in [-0.1, -0.05) is 183 Å². The van der Waals surface area contributed by atoms with Crippen molar-refractivity contribution in [2.24, 2.45) is 22.2 Å². The molecule has 22 heteroatoms. The van der Waals surface area contributed by atoms with Crippen LogP contribution in [0.4, 0.5) is 0 Å². The van der Waals surface area contributed by atoms with Crippen LogP contribution in [0, 0.1) is 22.2 Å². The Kier molecular flexibility index (Phi) is 68.1. The Morgan fingerprint density at radius 3 is 0.750 bits per heavy atom. The summed E-state index contributed by atoms with van der Waals surface area (Å²) in [5, 5.41) is 0. The van der Waals surface area contributed by atoms with E-state index < -0.39 is 29.3 Å². The quantitative estimate of drug-likeness (QED) is 0.0180. The molecule has 22 nitrogen and oxygen atoms in total. The number of hydrogen-bond acceptors (Lipinski definition) is 22. The second-order valence-corrected chi connectivity index (χ2v) is 26.8. The van der Waals surface area contributed by atoms with Gasteiger partial charge in [-0.15, -0.1) is 0 Å². The molecule has 2 aliphatic carbocycles. The first-order valence-corrected chi connectivity index (χ1v) is 37.7. The highest BCUT2D eigenvalue weighted by atomic mass is 16.6. The predicted molar refractivity (Wildman–Crippen MR) is 425 cm³/mol. The van der Waals surface area contributed by atoms with Gasteiger partial charge in [-0.05, 0) is 135 Å². The molecule has 0 aromatic rings. The molecule has 0 aromatic heterocycles. The average Bonchev–Trinajstić information content (AvgIpc) is 1.56. The summed E-state index contributed by atoms with van der Waals surface area (Å²) in [5.41, 5.74) is 1.02. The largest absolute Gasteiger partial charge is 0.502 e. The first-order chi connectivity index (χ1) is 51.5. The third-order valence-electron chi connectivity index (χ3n) is 17.3. The second kappa shape index (κ2) is 69.8. The summed E-state index contributed by atoms with van der Waals surface area (Å²) >= 11 is 0. The van der Waals surface area contributed by atoms with Crippen molar-refractivity contribution in [2.75, 3.05) is 79.3 Å². The van der Waals surface area contributed by atoms with Crippen LogP contribution >= 0.6 is 0 Å². The molecule has 0 heterocycles. The number of carbonyl (C=O) groups is 9. The zero-order valence-corrected chi connectivity index (χ0v) is 67.1. The van der Waals surface area contributed by atoms with Crippen LogP contribution in [0.15, 0.2) is 163 Å². The summed E-state index contributed by atoms with van der Waals surface area (Å²) < 4.78 is 65.2. The Bertz CT molecular complexity index is 2620. The Morgan fingerprint density at radius 1 is 0.324 bits per heavy atom. The molecule has 3 unspecified atom stereocenters. The molecule has 0 saturated heterocycles. The van der Waals surface area contributed by atoms with Gasteiger partial charge in [0.25, 0.3) is 0 Å². The molecule has 0 spiro atoms. The summed E-state index contributed by atoms with van der Waals surface area (Å²) in [4.78, 5) is 101. The van der Waals surface area contributed by atoms with Crippen molar-refractivity contribution in [1.29, 1.82) is 0 Å². The van der Waals surface area contributed by atoms with E-state index in [2.05, 4.69) is 106 Å². The third kappa shape index (κ3) is 58.2. The van der Waals surface area contributed by atoms with Crippen molar-refractivity contribution in [1.82, 2.24) is 0 Å². The predicted octanol–water partition coefficient (Wildman–Crippen LogP) is 18.2.